The molecular weight excluding hydrogens is 552 g/mol. The molecule has 0 unspecified atom stereocenters. The molecule has 0 spiro atoms. The van der Waals surface area contributed by atoms with Crippen molar-refractivity contribution in [2.75, 3.05) is 12.9 Å². The number of nitrogens with zero attached hydrogens (tertiary/aromatic N) is 3. The van der Waals surface area contributed by atoms with Crippen molar-refractivity contribution < 1.29 is 17.9 Å². The Hall–Kier alpha value is -2.60. The Balaban J connectivity index is 2.14. The number of benzene rings is 2. The zero-order valence-electron chi connectivity index (χ0n) is 17.5. The zero-order chi connectivity index (χ0) is 24.2. The summed E-state index contributed by atoms with van der Waals surface area (Å²) in [6, 6.07) is 13.2. The molecular formula is C21H18BrClN4O4S2. The summed E-state index contributed by atoms with van der Waals surface area (Å²) >= 11 is 10.6. The fraction of sp³-hybridized carbons (Fsp3) is 0.143. The maximum atomic E-state index is 12.2. The van der Waals surface area contributed by atoms with Crippen LogP contribution in [0.1, 0.15) is 11.9 Å². The first-order valence-electron chi connectivity index (χ1n) is 9.42. The summed E-state index contributed by atoms with van der Waals surface area (Å²) in [6.07, 6.45) is 1.13. The van der Waals surface area contributed by atoms with E-state index in [4.69, 9.17) is 22.1 Å². The Kier molecular flexibility index (Phi) is 8.01. The van der Waals surface area contributed by atoms with Crippen molar-refractivity contribution in [3.8, 4) is 11.4 Å². The molecule has 2 aromatic carbocycles. The SMILES string of the molecule is CCOC(=O)/C(N)=C(\Br)C(=Nc1ccccc1Cl)c1nc(-c2cccc(S(C)(=O)=O)c2)ns1. The van der Waals surface area contributed by atoms with Gasteiger partial charge in [0, 0.05) is 11.8 Å². The highest BCUT2D eigenvalue weighted by molar-refractivity contribution is 9.12. The van der Waals surface area contributed by atoms with E-state index in [0.717, 1.165) is 17.8 Å². The first kappa shape index (κ1) is 25.0. The van der Waals surface area contributed by atoms with Crippen molar-refractivity contribution in [1.29, 1.82) is 0 Å². The van der Waals surface area contributed by atoms with Gasteiger partial charge in [-0.25, -0.2) is 23.2 Å². The minimum atomic E-state index is -3.40. The molecule has 8 nitrogen and oxygen atoms in total. The largest absolute Gasteiger partial charge is 0.461 e. The molecule has 0 saturated carbocycles. The summed E-state index contributed by atoms with van der Waals surface area (Å²) in [6.45, 7) is 1.82. The molecule has 0 amide bonds. The van der Waals surface area contributed by atoms with E-state index in [1.54, 1.807) is 43.3 Å². The number of aliphatic imine (C=N–C) groups is 1. The van der Waals surface area contributed by atoms with E-state index in [9.17, 15) is 13.2 Å². The van der Waals surface area contributed by atoms with Gasteiger partial charge in [-0.2, -0.15) is 4.37 Å². The summed E-state index contributed by atoms with van der Waals surface area (Å²) in [5, 5.41) is 0.712. The van der Waals surface area contributed by atoms with Gasteiger partial charge in [0.25, 0.3) is 0 Å². The molecule has 33 heavy (non-hydrogen) atoms. The number of esters is 1. The average molecular weight is 570 g/mol. The van der Waals surface area contributed by atoms with E-state index in [-0.39, 0.29) is 27.4 Å². The molecule has 1 aromatic heterocycles. The van der Waals surface area contributed by atoms with E-state index < -0.39 is 15.8 Å². The molecule has 3 aromatic rings. The van der Waals surface area contributed by atoms with Crippen LogP contribution in [-0.2, 0) is 19.4 Å². The average Bonchev–Trinajstić information content (AvgIpc) is 3.27. The number of para-hydroxylation sites is 1. The predicted octanol–water partition coefficient (Wildman–Crippen LogP) is 4.51. The molecule has 0 atom stereocenters. The van der Waals surface area contributed by atoms with Crippen molar-refractivity contribution in [2.24, 2.45) is 10.7 Å². The van der Waals surface area contributed by atoms with Crippen molar-refractivity contribution in [1.82, 2.24) is 9.36 Å². The van der Waals surface area contributed by atoms with Crippen LogP contribution < -0.4 is 5.73 Å². The zero-order valence-corrected chi connectivity index (χ0v) is 21.4. The highest BCUT2D eigenvalue weighted by atomic mass is 79.9. The van der Waals surface area contributed by atoms with Crippen LogP contribution in [0.4, 0.5) is 5.69 Å². The Morgan fingerprint density at radius 2 is 1.97 bits per heavy atom. The Morgan fingerprint density at radius 1 is 1.24 bits per heavy atom. The fourth-order valence-corrected chi connectivity index (χ4v) is 4.68. The molecule has 1 heterocycles. The number of carbonyl (C=O) groups excluding carboxylic acids is 1. The Bertz CT molecular complexity index is 1370. The van der Waals surface area contributed by atoms with Crippen molar-refractivity contribution in [3.63, 3.8) is 0 Å². The number of halogens is 2. The Morgan fingerprint density at radius 3 is 2.64 bits per heavy atom. The lowest BCUT2D eigenvalue weighted by atomic mass is 10.2. The summed E-state index contributed by atoms with van der Waals surface area (Å²) in [7, 11) is -3.40. The van der Waals surface area contributed by atoms with E-state index in [0.29, 0.717) is 27.1 Å². The van der Waals surface area contributed by atoms with Crippen LogP contribution >= 0.6 is 39.1 Å². The van der Waals surface area contributed by atoms with Crippen LogP contribution in [0, 0.1) is 0 Å². The lowest BCUT2D eigenvalue weighted by Gasteiger charge is -2.08. The van der Waals surface area contributed by atoms with Gasteiger partial charge in [0.15, 0.2) is 20.7 Å². The molecule has 2 N–H and O–H groups in total. The monoisotopic (exact) mass is 568 g/mol. The van der Waals surface area contributed by atoms with Gasteiger partial charge in [-0.3, -0.25) is 0 Å². The number of hydrogen-bond donors (Lipinski definition) is 1. The molecule has 0 aliphatic rings. The molecule has 0 bridgehead atoms. The molecule has 0 aliphatic carbocycles. The number of aromatic nitrogens is 2. The minimum absolute atomic E-state index is 0.147. The van der Waals surface area contributed by atoms with E-state index >= 15 is 0 Å². The molecule has 0 aliphatic heterocycles. The van der Waals surface area contributed by atoms with Gasteiger partial charge in [-0.15, -0.1) is 0 Å². The van der Waals surface area contributed by atoms with E-state index in [1.165, 1.54) is 12.1 Å². The summed E-state index contributed by atoms with van der Waals surface area (Å²) in [5.74, 6) is -0.427. The van der Waals surface area contributed by atoms with Crippen molar-refractivity contribution in [2.45, 2.75) is 11.8 Å². The minimum Gasteiger partial charge on any atom is -0.461 e. The molecule has 0 radical (unpaired) electrons. The number of sulfone groups is 1. The fourth-order valence-electron chi connectivity index (χ4n) is 2.58. The molecule has 12 heteroatoms. The third-order valence-electron chi connectivity index (χ3n) is 4.17. The third kappa shape index (κ3) is 6.05. The van der Waals surface area contributed by atoms with Gasteiger partial charge >= 0.3 is 5.97 Å². The van der Waals surface area contributed by atoms with E-state index in [1.807, 2.05) is 0 Å². The molecule has 3 rings (SSSR count). The van der Waals surface area contributed by atoms with Crippen LogP contribution in [0.3, 0.4) is 0 Å². The highest BCUT2D eigenvalue weighted by Crippen LogP contribution is 2.30. The van der Waals surface area contributed by atoms with Gasteiger partial charge in [0.05, 0.1) is 26.7 Å². The topological polar surface area (TPSA) is 125 Å². The number of allylic oxidation sites excluding steroid dienone is 1. The quantitative estimate of drug-likeness (QED) is 0.252. The summed E-state index contributed by atoms with van der Waals surface area (Å²) < 4.78 is 33.3. The second kappa shape index (κ2) is 10.6. The maximum Gasteiger partial charge on any atom is 0.355 e. The van der Waals surface area contributed by atoms with Crippen LogP contribution in [0.2, 0.25) is 5.02 Å². The maximum absolute atomic E-state index is 12.2. The second-order valence-electron chi connectivity index (χ2n) is 6.58. The standard InChI is InChI=1S/C21H18BrClN4O4S2/c1-3-31-21(28)17(24)16(22)18(25-15-10-5-4-9-14(15)23)20-26-19(27-32-20)12-7-6-8-13(11-12)33(2,29)30/h4-11H,3,24H2,1-2H3/b17-16+,25-18?. The third-order valence-corrected chi connectivity index (χ3v) is 7.13. The summed E-state index contributed by atoms with van der Waals surface area (Å²) in [4.78, 5) is 21.4. The first-order chi connectivity index (χ1) is 15.6. The summed E-state index contributed by atoms with van der Waals surface area (Å²) in [5.41, 5.74) is 6.96. The second-order valence-corrected chi connectivity index (χ2v) is 10.6. The van der Waals surface area contributed by atoms with Crippen LogP contribution in [-0.4, -0.2) is 42.3 Å². The number of ether oxygens (including phenoxy) is 1. The predicted molar refractivity (Wildman–Crippen MR) is 133 cm³/mol. The highest BCUT2D eigenvalue weighted by Gasteiger charge is 2.22. The normalized spacial score (nSPS) is 12.9. The smallest absolute Gasteiger partial charge is 0.355 e. The van der Waals surface area contributed by atoms with Gasteiger partial charge in [0.1, 0.15) is 11.4 Å². The number of nitrogens with two attached hydrogens (primary N) is 1. The first-order valence-corrected chi connectivity index (χ1v) is 13.3. The van der Waals surface area contributed by atoms with Gasteiger partial charge in [0.2, 0.25) is 0 Å². The lowest BCUT2D eigenvalue weighted by Crippen LogP contribution is -2.19. The van der Waals surface area contributed by atoms with Gasteiger partial charge < -0.3 is 10.5 Å². The van der Waals surface area contributed by atoms with Crippen molar-refractivity contribution >= 4 is 66.3 Å². The van der Waals surface area contributed by atoms with Crippen LogP contribution in [0.15, 0.2) is 68.6 Å². The van der Waals surface area contributed by atoms with Gasteiger partial charge in [-0.05, 0) is 58.7 Å². The van der Waals surface area contributed by atoms with Crippen LogP contribution in [0.25, 0.3) is 11.4 Å². The van der Waals surface area contributed by atoms with Crippen LogP contribution in [0.5, 0.6) is 0 Å². The number of rotatable bonds is 7. The molecule has 172 valence electrons. The Labute approximate surface area is 208 Å². The number of hydrogen-bond acceptors (Lipinski definition) is 9. The number of carbonyl (C=O) groups is 1. The lowest BCUT2D eigenvalue weighted by molar-refractivity contribution is -0.138. The van der Waals surface area contributed by atoms with Gasteiger partial charge in [-0.1, -0.05) is 35.9 Å². The van der Waals surface area contributed by atoms with E-state index in [2.05, 4.69) is 30.3 Å². The van der Waals surface area contributed by atoms with Crippen molar-refractivity contribution in [3.05, 3.63) is 68.7 Å². The molecule has 0 saturated heterocycles. The molecule has 0 fully saturated rings.